The third-order valence-electron chi connectivity index (χ3n) is 6.39. The van der Waals surface area contributed by atoms with Gasteiger partial charge in [-0.1, -0.05) is 19.0 Å². The summed E-state index contributed by atoms with van der Waals surface area (Å²) in [6.07, 6.45) is 4.50. The zero-order valence-corrected chi connectivity index (χ0v) is 20.9. The van der Waals surface area contributed by atoms with Crippen LogP contribution in [0.5, 0.6) is 5.88 Å². The average molecular weight is 516 g/mol. The smallest absolute Gasteiger partial charge is 0.245 e. The van der Waals surface area contributed by atoms with Gasteiger partial charge in [0.05, 0.1) is 10.6 Å². The molecule has 11 nitrogen and oxygen atoms in total. The van der Waals surface area contributed by atoms with Crippen LogP contribution >= 0.6 is 0 Å². The molecule has 3 heterocycles. The third kappa shape index (κ3) is 4.55. The molecular weight excluding hydrogens is 489 g/mol. The summed E-state index contributed by atoms with van der Waals surface area (Å²) in [6, 6.07) is 3.48. The van der Waals surface area contributed by atoms with Crippen molar-refractivity contribution in [3.05, 3.63) is 42.1 Å². The highest BCUT2D eigenvalue weighted by Gasteiger charge is 2.29. The van der Waals surface area contributed by atoms with Gasteiger partial charge in [-0.3, -0.25) is 4.68 Å². The molecule has 13 heteroatoms. The van der Waals surface area contributed by atoms with E-state index >= 15 is 0 Å². The number of sulfonamides is 1. The first-order valence-electron chi connectivity index (χ1n) is 11.6. The van der Waals surface area contributed by atoms with Crippen molar-refractivity contribution in [3.8, 4) is 17.1 Å². The highest BCUT2D eigenvalue weighted by molar-refractivity contribution is 7.89. The molecule has 0 saturated heterocycles. The molecule has 0 unspecified atom stereocenters. The Kier molecular flexibility index (Phi) is 6.20. The summed E-state index contributed by atoms with van der Waals surface area (Å²) < 4.78 is 51.2. The number of nitrogens with two attached hydrogens (primary N) is 1. The molecule has 190 valence electrons. The summed E-state index contributed by atoms with van der Waals surface area (Å²) in [6.45, 7) is 4.05. The Morgan fingerprint density at radius 2 is 1.92 bits per heavy atom. The van der Waals surface area contributed by atoms with Gasteiger partial charge in [-0.2, -0.15) is 15.1 Å². The van der Waals surface area contributed by atoms with Crippen molar-refractivity contribution in [3.63, 3.8) is 0 Å². The highest BCUT2D eigenvalue weighted by atomic mass is 32.2. The second-order valence-corrected chi connectivity index (χ2v) is 10.8. The Hall–Kier alpha value is -3.45. The topological polar surface area (TPSA) is 152 Å². The van der Waals surface area contributed by atoms with Crippen LogP contribution in [0.2, 0.25) is 0 Å². The Morgan fingerprint density at radius 3 is 2.56 bits per heavy atom. The molecule has 0 amide bonds. The lowest BCUT2D eigenvalue weighted by atomic mass is 9.87. The highest BCUT2D eigenvalue weighted by Crippen LogP contribution is 2.36. The molecular formula is C23H26FN7O4S. The Labute approximate surface area is 206 Å². The van der Waals surface area contributed by atoms with E-state index in [4.69, 9.17) is 14.4 Å². The SMILES string of the molecule is CC(C)c1noc(C2CCC(Oc3ncnc4c(-c5ccc(S(N)(=O)=O)cc5F)n(C)nc34)CC2)n1. The second-order valence-electron chi connectivity index (χ2n) is 9.27. The normalized spacial score (nSPS) is 18.7. The standard InChI is InChI=1S/C23H26FN7O4S/c1-12(2)21-28-22(35-30-21)13-4-6-14(7-5-13)34-23-19-18(26-11-27-23)20(31(3)29-19)16-9-8-15(10-17(16)24)36(25,32)33/h8-14H,4-7H2,1-3H3,(H2,25,32,33). The number of benzene rings is 1. The van der Waals surface area contributed by atoms with Gasteiger partial charge in [-0.15, -0.1) is 0 Å². The van der Waals surface area contributed by atoms with Gasteiger partial charge in [0.2, 0.25) is 21.8 Å². The molecule has 5 rings (SSSR count). The third-order valence-corrected chi connectivity index (χ3v) is 7.30. The molecule has 0 aliphatic heterocycles. The van der Waals surface area contributed by atoms with E-state index in [0.29, 0.717) is 34.3 Å². The number of aromatic nitrogens is 6. The first kappa shape index (κ1) is 24.3. The number of primary sulfonamides is 1. The molecule has 1 saturated carbocycles. The fraction of sp³-hybridized carbons (Fsp3) is 0.435. The summed E-state index contributed by atoms with van der Waals surface area (Å²) in [4.78, 5) is 12.8. The van der Waals surface area contributed by atoms with Gasteiger partial charge >= 0.3 is 0 Å². The van der Waals surface area contributed by atoms with Crippen LogP contribution in [-0.4, -0.2) is 44.4 Å². The van der Waals surface area contributed by atoms with Crippen molar-refractivity contribution in [1.82, 2.24) is 29.9 Å². The lowest BCUT2D eigenvalue weighted by Gasteiger charge is -2.26. The van der Waals surface area contributed by atoms with Gasteiger partial charge < -0.3 is 9.26 Å². The second kappa shape index (κ2) is 9.21. The minimum atomic E-state index is -4.03. The van der Waals surface area contributed by atoms with Crippen molar-refractivity contribution >= 4 is 21.1 Å². The summed E-state index contributed by atoms with van der Waals surface area (Å²) in [5, 5.41) is 13.7. The van der Waals surface area contributed by atoms with E-state index < -0.39 is 15.8 Å². The van der Waals surface area contributed by atoms with Crippen molar-refractivity contribution in [2.24, 2.45) is 12.2 Å². The average Bonchev–Trinajstić information content (AvgIpc) is 3.45. The van der Waals surface area contributed by atoms with E-state index in [1.54, 1.807) is 7.05 Å². The number of rotatable bonds is 6. The minimum Gasteiger partial charge on any atom is -0.473 e. The molecule has 0 spiro atoms. The Bertz CT molecular complexity index is 1520. The fourth-order valence-electron chi connectivity index (χ4n) is 4.47. The number of fused-ring (bicyclic) bond motifs is 1. The van der Waals surface area contributed by atoms with Crippen LogP contribution in [-0.2, 0) is 17.1 Å². The molecule has 36 heavy (non-hydrogen) atoms. The van der Waals surface area contributed by atoms with Gasteiger partial charge in [-0.05, 0) is 43.9 Å². The number of nitrogens with zero attached hydrogens (tertiary/aromatic N) is 6. The maximum Gasteiger partial charge on any atom is 0.245 e. The molecule has 3 aromatic heterocycles. The van der Waals surface area contributed by atoms with E-state index in [0.717, 1.165) is 31.7 Å². The van der Waals surface area contributed by atoms with Crippen molar-refractivity contribution in [1.29, 1.82) is 0 Å². The van der Waals surface area contributed by atoms with Crippen molar-refractivity contribution in [2.75, 3.05) is 0 Å². The molecule has 1 aliphatic rings. The number of ether oxygens (including phenoxy) is 1. The predicted octanol–water partition coefficient (Wildman–Crippen LogP) is 3.43. The zero-order chi connectivity index (χ0) is 25.6. The molecule has 0 atom stereocenters. The van der Waals surface area contributed by atoms with E-state index in [9.17, 15) is 12.8 Å². The molecule has 0 bridgehead atoms. The number of hydrogen-bond donors (Lipinski definition) is 1. The van der Waals surface area contributed by atoms with Gasteiger partial charge in [0.15, 0.2) is 11.3 Å². The Balaban J connectivity index is 1.37. The number of halogens is 1. The number of hydrogen-bond acceptors (Lipinski definition) is 9. The van der Waals surface area contributed by atoms with Crippen molar-refractivity contribution < 1.29 is 22.1 Å². The molecule has 1 aliphatic carbocycles. The summed E-state index contributed by atoms with van der Waals surface area (Å²) >= 11 is 0. The maximum atomic E-state index is 14.9. The Morgan fingerprint density at radius 1 is 1.17 bits per heavy atom. The van der Waals surface area contributed by atoms with E-state index in [1.807, 2.05) is 13.8 Å². The van der Waals surface area contributed by atoms with E-state index in [2.05, 4.69) is 25.2 Å². The van der Waals surface area contributed by atoms with Gasteiger partial charge in [0, 0.05) is 24.4 Å². The van der Waals surface area contributed by atoms with Crippen molar-refractivity contribution in [2.45, 2.75) is 62.4 Å². The van der Waals surface area contributed by atoms with E-state index in [1.165, 1.54) is 23.1 Å². The quantitative estimate of drug-likeness (QED) is 0.407. The lowest BCUT2D eigenvalue weighted by Crippen LogP contribution is -2.24. The largest absolute Gasteiger partial charge is 0.473 e. The van der Waals surface area contributed by atoms with Crippen LogP contribution in [0, 0.1) is 5.82 Å². The van der Waals surface area contributed by atoms with Crippen LogP contribution in [0.1, 0.15) is 63.1 Å². The monoisotopic (exact) mass is 515 g/mol. The van der Waals surface area contributed by atoms with Crippen LogP contribution < -0.4 is 9.88 Å². The van der Waals surface area contributed by atoms with E-state index in [-0.39, 0.29) is 28.4 Å². The molecule has 4 aromatic rings. The first-order chi connectivity index (χ1) is 17.1. The molecule has 1 fully saturated rings. The van der Waals surface area contributed by atoms with Gasteiger partial charge in [-0.25, -0.2) is 22.9 Å². The maximum absolute atomic E-state index is 14.9. The van der Waals surface area contributed by atoms with Crippen LogP contribution in [0.4, 0.5) is 4.39 Å². The summed E-state index contributed by atoms with van der Waals surface area (Å²) in [5.74, 6) is 1.35. The van der Waals surface area contributed by atoms with Gasteiger partial charge in [0.25, 0.3) is 0 Å². The molecule has 1 aromatic carbocycles. The first-order valence-corrected chi connectivity index (χ1v) is 13.2. The molecule has 0 radical (unpaired) electrons. The number of aryl methyl sites for hydroxylation is 1. The fourth-order valence-corrected chi connectivity index (χ4v) is 4.99. The lowest BCUT2D eigenvalue weighted by molar-refractivity contribution is 0.135. The minimum absolute atomic E-state index is 0.0805. The summed E-state index contributed by atoms with van der Waals surface area (Å²) in [7, 11) is -2.38. The van der Waals surface area contributed by atoms with Crippen LogP contribution in [0.25, 0.3) is 22.3 Å². The van der Waals surface area contributed by atoms with Crippen LogP contribution in [0.15, 0.2) is 33.9 Å². The molecule has 2 N–H and O–H groups in total. The predicted molar refractivity (Wildman–Crippen MR) is 127 cm³/mol. The van der Waals surface area contributed by atoms with Crippen LogP contribution in [0.3, 0.4) is 0 Å². The summed E-state index contributed by atoms with van der Waals surface area (Å²) in [5.41, 5.74) is 1.30. The zero-order valence-electron chi connectivity index (χ0n) is 20.0. The van der Waals surface area contributed by atoms with Gasteiger partial charge in [0.1, 0.15) is 23.8 Å².